The number of fused-ring (bicyclic) bond motifs is 1. The molecule has 1 aliphatic heterocycles. The summed E-state index contributed by atoms with van der Waals surface area (Å²) in [7, 11) is 0. The first-order valence-corrected chi connectivity index (χ1v) is 11.1. The van der Waals surface area contributed by atoms with Gasteiger partial charge in [-0.15, -0.1) is 11.8 Å². The number of halogens is 3. The van der Waals surface area contributed by atoms with Crippen LogP contribution in [0.3, 0.4) is 0 Å². The van der Waals surface area contributed by atoms with Gasteiger partial charge in [0, 0.05) is 29.6 Å². The summed E-state index contributed by atoms with van der Waals surface area (Å²) in [5, 5.41) is 3.69. The van der Waals surface area contributed by atoms with Crippen molar-refractivity contribution in [3.63, 3.8) is 0 Å². The van der Waals surface area contributed by atoms with Crippen molar-refractivity contribution in [2.24, 2.45) is 0 Å². The maximum atomic E-state index is 13.3. The summed E-state index contributed by atoms with van der Waals surface area (Å²) in [5.74, 6) is -0.277. The molecule has 3 aromatic rings. The zero-order valence-electron chi connectivity index (χ0n) is 16.8. The van der Waals surface area contributed by atoms with Crippen LogP contribution < -0.4 is 10.2 Å². The second-order valence-corrected chi connectivity index (χ2v) is 8.46. The van der Waals surface area contributed by atoms with E-state index in [0.29, 0.717) is 5.69 Å². The fraction of sp³-hybridized carbons (Fsp3) is 0.304. The number of amides is 1. The Kier molecular flexibility index (Phi) is 6.36. The highest BCUT2D eigenvalue weighted by Gasteiger charge is 2.31. The zero-order chi connectivity index (χ0) is 21.8. The van der Waals surface area contributed by atoms with E-state index < -0.39 is 11.7 Å². The number of nitrogens with one attached hydrogen (secondary N) is 1. The van der Waals surface area contributed by atoms with Crippen LogP contribution in [-0.2, 0) is 11.0 Å². The number of anilines is 2. The van der Waals surface area contributed by atoms with Crippen molar-refractivity contribution in [1.82, 2.24) is 4.98 Å². The van der Waals surface area contributed by atoms with Crippen LogP contribution in [0.5, 0.6) is 0 Å². The van der Waals surface area contributed by atoms with Gasteiger partial charge in [-0.05, 0) is 49.6 Å². The van der Waals surface area contributed by atoms with E-state index in [1.54, 1.807) is 6.20 Å². The zero-order valence-corrected chi connectivity index (χ0v) is 17.6. The van der Waals surface area contributed by atoms with E-state index in [0.717, 1.165) is 60.3 Å². The molecule has 0 unspecified atom stereocenters. The predicted octanol–water partition coefficient (Wildman–Crippen LogP) is 5.97. The molecule has 0 radical (unpaired) electrons. The number of rotatable bonds is 5. The Labute approximate surface area is 182 Å². The predicted molar refractivity (Wildman–Crippen MR) is 119 cm³/mol. The first-order valence-electron chi connectivity index (χ1n) is 10.1. The summed E-state index contributed by atoms with van der Waals surface area (Å²) < 4.78 is 39.8. The summed E-state index contributed by atoms with van der Waals surface area (Å²) in [4.78, 5) is 19.9. The number of alkyl halides is 3. The number of piperidine rings is 1. The van der Waals surface area contributed by atoms with Crippen molar-refractivity contribution in [1.29, 1.82) is 0 Å². The van der Waals surface area contributed by atoms with Crippen LogP contribution in [0.4, 0.5) is 24.5 Å². The Morgan fingerprint density at radius 1 is 1.06 bits per heavy atom. The summed E-state index contributed by atoms with van der Waals surface area (Å²) in [6.07, 6.45) is 0.300. The fourth-order valence-corrected chi connectivity index (χ4v) is 4.59. The topological polar surface area (TPSA) is 45.2 Å². The SMILES string of the molecule is O=C(CSc1cccc2cccnc12)Nc1cc(C(F)(F)F)ccc1N1CCCCC1. The van der Waals surface area contributed by atoms with E-state index in [9.17, 15) is 18.0 Å². The number of aromatic nitrogens is 1. The lowest BCUT2D eigenvalue weighted by molar-refractivity contribution is -0.137. The highest BCUT2D eigenvalue weighted by atomic mass is 32.2. The smallest absolute Gasteiger partial charge is 0.370 e. The molecule has 0 bridgehead atoms. The highest BCUT2D eigenvalue weighted by molar-refractivity contribution is 8.00. The average Bonchev–Trinajstić information content (AvgIpc) is 2.77. The van der Waals surface area contributed by atoms with Crippen LogP contribution in [0.2, 0.25) is 0 Å². The van der Waals surface area contributed by atoms with Gasteiger partial charge in [0.1, 0.15) is 0 Å². The summed E-state index contributed by atoms with van der Waals surface area (Å²) in [5.41, 5.74) is 0.876. The Bertz CT molecular complexity index is 1080. The van der Waals surface area contributed by atoms with Crippen molar-refractivity contribution in [3.05, 3.63) is 60.3 Å². The molecule has 1 aliphatic rings. The van der Waals surface area contributed by atoms with Gasteiger partial charge in [-0.3, -0.25) is 9.78 Å². The molecule has 0 spiro atoms. The van der Waals surface area contributed by atoms with Crippen molar-refractivity contribution in [2.75, 3.05) is 29.1 Å². The number of hydrogen-bond acceptors (Lipinski definition) is 4. The lowest BCUT2D eigenvalue weighted by Gasteiger charge is -2.31. The van der Waals surface area contributed by atoms with Crippen LogP contribution in [0.25, 0.3) is 10.9 Å². The van der Waals surface area contributed by atoms with Crippen molar-refractivity contribution >= 4 is 39.9 Å². The van der Waals surface area contributed by atoms with E-state index in [2.05, 4.69) is 10.3 Å². The number of thioether (sulfide) groups is 1. The summed E-state index contributed by atoms with van der Waals surface area (Å²) in [6.45, 7) is 1.54. The number of carbonyl (C=O) groups is 1. The van der Waals surface area contributed by atoms with Gasteiger partial charge in [-0.2, -0.15) is 13.2 Å². The minimum atomic E-state index is -4.47. The molecule has 1 saturated heterocycles. The molecule has 8 heteroatoms. The molecule has 162 valence electrons. The molecule has 0 aliphatic carbocycles. The van der Waals surface area contributed by atoms with E-state index in [-0.39, 0.29) is 17.3 Å². The Balaban J connectivity index is 1.53. The molecule has 31 heavy (non-hydrogen) atoms. The maximum Gasteiger partial charge on any atom is 0.416 e. The van der Waals surface area contributed by atoms with Crippen molar-refractivity contribution in [2.45, 2.75) is 30.3 Å². The third-order valence-electron chi connectivity index (χ3n) is 5.25. The fourth-order valence-electron chi connectivity index (χ4n) is 3.75. The largest absolute Gasteiger partial charge is 0.416 e. The van der Waals surface area contributed by atoms with E-state index >= 15 is 0 Å². The molecule has 2 aromatic carbocycles. The van der Waals surface area contributed by atoms with Crippen LogP contribution in [0.15, 0.2) is 59.6 Å². The van der Waals surface area contributed by atoms with Gasteiger partial charge >= 0.3 is 6.18 Å². The van der Waals surface area contributed by atoms with Crippen LogP contribution in [0, 0.1) is 0 Å². The molecule has 0 saturated carbocycles. The van der Waals surface area contributed by atoms with E-state index in [1.165, 1.54) is 17.8 Å². The van der Waals surface area contributed by atoms with Gasteiger partial charge in [0.2, 0.25) is 5.91 Å². The van der Waals surface area contributed by atoms with Gasteiger partial charge in [0.15, 0.2) is 0 Å². The Morgan fingerprint density at radius 2 is 1.84 bits per heavy atom. The maximum absolute atomic E-state index is 13.3. The first kappa shape index (κ1) is 21.5. The third kappa shape index (κ3) is 5.12. The van der Waals surface area contributed by atoms with Crippen LogP contribution in [0.1, 0.15) is 24.8 Å². The molecule has 2 heterocycles. The van der Waals surface area contributed by atoms with Crippen LogP contribution in [-0.4, -0.2) is 29.7 Å². The second kappa shape index (κ2) is 9.18. The molecule has 1 N–H and O–H groups in total. The monoisotopic (exact) mass is 445 g/mol. The van der Waals surface area contributed by atoms with Crippen molar-refractivity contribution < 1.29 is 18.0 Å². The van der Waals surface area contributed by atoms with Gasteiger partial charge in [0.05, 0.1) is 28.2 Å². The molecular formula is C23H22F3N3OS. The number of carbonyl (C=O) groups excluding carboxylic acids is 1. The molecule has 1 fully saturated rings. The van der Waals surface area contributed by atoms with Gasteiger partial charge in [-0.25, -0.2) is 0 Å². The normalized spacial score (nSPS) is 14.6. The standard InChI is InChI=1S/C23H22F3N3OS/c24-23(25,26)17-9-10-19(29-12-2-1-3-13-29)18(14-17)28-21(30)15-31-20-8-4-6-16-7-5-11-27-22(16)20/h4-11,14H,1-3,12-13,15H2,(H,28,30). The van der Waals surface area contributed by atoms with E-state index in [1.807, 2.05) is 35.2 Å². The summed E-state index contributed by atoms with van der Waals surface area (Å²) >= 11 is 1.32. The average molecular weight is 446 g/mol. The molecule has 0 atom stereocenters. The van der Waals surface area contributed by atoms with E-state index in [4.69, 9.17) is 0 Å². The third-order valence-corrected chi connectivity index (χ3v) is 6.30. The molecular weight excluding hydrogens is 423 g/mol. The number of hydrogen-bond donors (Lipinski definition) is 1. The quantitative estimate of drug-likeness (QED) is 0.491. The number of nitrogens with zero attached hydrogens (tertiary/aromatic N) is 2. The second-order valence-electron chi connectivity index (χ2n) is 7.45. The van der Waals surface area contributed by atoms with Gasteiger partial charge < -0.3 is 10.2 Å². The van der Waals surface area contributed by atoms with Crippen LogP contribution >= 0.6 is 11.8 Å². The Morgan fingerprint density at radius 3 is 2.61 bits per heavy atom. The minimum absolute atomic E-state index is 0.0748. The summed E-state index contributed by atoms with van der Waals surface area (Å²) in [6, 6.07) is 13.1. The molecule has 4 nitrogen and oxygen atoms in total. The number of pyridine rings is 1. The molecule has 1 aromatic heterocycles. The lowest BCUT2D eigenvalue weighted by Crippen LogP contribution is -2.30. The van der Waals surface area contributed by atoms with Gasteiger partial charge in [-0.1, -0.05) is 18.2 Å². The number of para-hydroxylation sites is 1. The van der Waals surface area contributed by atoms with Gasteiger partial charge in [0.25, 0.3) is 0 Å². The molecule has 1 amide bonds. The first-order chi connectivity index (χ1) is 14.9. The lowest BCUT2D eigenvalue weighted by atomic mass is 10.1. The number of benzene rings is 2. The molecule has 4 rings (SSSR count). The minimum Gasteiger partial charge on any atom is -0.370 e. The highest BCUT2D eigenvalue weighted by Crippen LogP contribution is 2.36. The van der Waals surface area contributed by atoms with Crippen molar-refractivity contribution in [3.8, 4) is 0 Å². The Hall–Kier alpha value is -2.74.